The van der Waals surface area contributed by atoms with Crippen LogP contribution in [0.1, 0.15) is 25.7 Å². The maximum atomic E-state index is 5.74. The molecule has 20 heavy (non-hydrogen) atoms. The Bertz CT molecular complexity index is 524. The van der Waals surface area contributed by atoms with Crippen molar-refractivity contribution in [3.05, 3.63) is 30.9 Å². The lowest BCUT2D eigenvalue weighted by Crippen LogP contribution is -2.00. The number of nitrogens with zero attached hydrogens (tertiary/aromatic N) is 3. The zero-order chi connectivity index (χ0) is 14.2. The number of aromatic nitrogens is 3. The summed E-state index contributed by atoms with van der Waals surface area (Å²) in [6.07, 6.45) is 12.8. The van der Waals surface area contributed by atoms with Gasteiger partial charge in [0.05, 0.1) is 18.2 Å². The Morgan fingerprint density at radius 3 is 2.90 bits per heavy atom. The number of hydrogen-bond donors (Lipinski definition) is 1. The monoisotopic (exact) mass is 290 g/mol. The fraction of sp³-hybridized carbons (Fsp3) is 0.467. The normalized spacial score (nSPS) is 10.8. The number of aryl methyl sites for hydroxylation is 1. The van der Waals surface area contributed by atoms with Crippen LogP contribution in [0.15, 0.2) is 30.9 Å². The van der Waals surface area contributed by atoms with Gasteiger partial charge in [-0.3, -0.25) is 0 Å². The average Bonchev–Trinajstić information content (AvgIpc) is 2.91. The van der Waals surface area contributed by atoms with E-state index >= 15 is 0 Å². The van der Waals surface area contributed by atoms with Gasteiger partial charge in [-0.2, -0.15) is 11.8 Å². The minimum absolute atomic E-state index is 0.548. The van der Waals surface area contributed by atoms with Crippen molar-refractivity contribution < 1.29 is 0 Å². The molecule has 108 valence electrons. The van der Waals surface area contributed by atoms with E-state index in [0.29, 0.717) is 5.82 Å². The number of unbranched alkanes of at least 4 members (excludes halogenated alkanes) is 3. The standard InChI is InChI=1S/C15H22N4S/c1-20-9-5-3-2-4-8-19-12-17-11-14(19)13-6-7-18-15(16)10-13/h6-7,10-12H,2-5,8-9H2,1H3,(H2,16,18). The Morgan fingerprint density at radius 2 is 2.10 bits per heavy atom. The zero-order valence-electron chi connectivity index (χ0n) is 12.0. The van der Waals surface area contributed by atoms with Crippen LogP contribution in [0.2, 0.25) is 0 Å². The molecule has 0 unspecified atom stereocenters. The molecule has 0 atom stereocenters. The van der Waals surface area contributed by atoms with Crippen molar-refractivity contribution in [2.45, 2.75) is 32.2 Å². The molecule has 0 saturated carbocycles. The van der Waals surface area contributed by atoms with Crippen LogP contribution >= 0.6 is 11.8 Å². The topological polar surface area (TPSA) is 56.7 Å². The van der Waals surface area contributed by atoms with Crippen LogP contribution in [0.4, 0.5) is 5.82 Å². The van der Waals surface area contributed by atoms with E-state index in [2.05, 4.69) is 20.8 Å². The largest absolute Gasteiger partial charge is 0.384 e. The molecule has 0 aliphatic carbocycles. The summed E-state index contributed by atoms with van der Waals surface area (Å²) in [5.41, 5.74) is 7.94. The lowest BCUT2D eigenvalue weighted by atomic mass is 10.2. The molecule has 4 nitrogen and oxygen atoms in total. The highest BCUT2D eigenvalue weighted by atomic mass is 32.2. The Hall–Kier alpha value is -1.49. The van der Waals surface area contributed by atoms with E-state index in [0.717, 1.165) is 17.8 Å². The Labute approximate surface area is 124 Å². The van der Waals surface area contributed by atoms with Gasteiger partial charge in [0.25, 0.3) is 0 Å². The predicted molar refractivity (Wildman–Crippen MR) is 86.7 cm³/mol. The first-order chi connectivity index (χ1) is 9.81. The summed E-state index contributed by atoms with van der Waals surface area (Å²) < 4.78 is 2.20. The minimum Gasteiger partial charge on any atom is -0.384 e. The van der Waals surface area contributed by atoms with E-state index in [4.69, 9.17) is 5.73 Å². The second-order valence-corrected chi connectivity index (χ2v) is 5.83. The van der Waals surface area contributed by atoms with E-state index in [-0.39, 0.29) is 0 Å². The summed E-state index contributed by atoms with van der Waals surface area (Å²) >= 11 is 1.93. The van der Waals surface area contributed by atoms with Gasteiger partial charge in [0, 0.05) is 18.3 Å². The van der Waals surface area contributed by atoms with Crippen LogP contribution in [-0.2, 0) is 6.54 Å². The predicted octanol–water partition coefficient (Wildman–Crippen LogP) is 3.45. The van der Waals surface area contributed by atoms with Gasteiger partial charge in [0.2, 0.25) is 0 Å². The molecular weight excluding hydrogens is 268 g/mol. The third-order valence-electron chi connectivity index (χ3n) is 3.29. The third-order valence-corrected chi connectivity index (χ3v) is 3.98. The van der Waals surface area contributed by atoms with Crippen molar-refractivity contribution in [3.8, 4) is 11.3 Å². The number of imidazole rings is 1. The quantitative estimate of drug-likeness (QED) is 0.757. The molecule has 0 amide bonds. The second kappa shape index (κ2) is 7.94. The maximum absolute atomic E-state index is 5.74. The van der Waals surface area contributed by atoms with Crippen LogP contribution < -0.4 is 5.73 Å². The fourth-order valence-electron chi connectivity index (χ4n) is 2.23. The lowest BCUT2D eigenvalue weighted by molar-refractivity contribution is 0.586. The molecular formula is C15H22N4S. The molecule has 2 aromatic heterocycles. The molecule has 0 bridgehead atoms. The van der Waals surface area contributed by atoms with Crippen molar-refractivity contribution in [1.29, 1.82) is 0 Å². The SMILES string of the molecule is CSCCCCCCn1cncc1-c1ccnc(N)c1. The number of nitrogens with two attached hydrogens (primary N) is 1. The summed E-state index contributed by atoms with van der Waals surface area (Å²) in [6, 6.07) is 3.87. The Kier molecular flexibility index (Phi) is 5.92. The molecule has 2 aromatic rings. The summed E-state index contributed by atoms with van der Waals surface area (Å²) in [7, 11) is 0. The summed E-state index contributed by atoms with van der Waals surface area (Å²) in [5, 5.41) is 0. The number of anilines is 1. The average molecular weight is 290 g/mol. The first-order valence-corrected chi connectivity index (χ1v) is 8.41. The van der Waals surface area contributed by atoms with Gasteiger partial charge in [-0.25, -0.2) is 9.97 Å². The van der Waals surface area contributed by atoms with Crippen LogP contribution in [0.5, 0.6) is 0 Å². The first kappa shape index (κ1) is 14.9. The first-order valence-electron chi connectivity index (χ1n) is 7.02. The number of rotatable bonds is 8. The van der Waals surface area contributed by atoms with Gasteiger partial charge in [-0.05, 0) is 37.0 Å². The lowest BCUT2D eigenvalue weighted by Gasteiger charge is -2.08. The molecule has 0 aromatic carbocycles. The van der Waals surface area contributed by atoms with E-state index < -0.39 is 0 Å². The molecule has 5 heteroatoms. The van der Waals surface area contributed by atoms with E-state index in [9.17, 15) is 0 Å². The number of thioether (sulfide) groups is 1. The Morgan fingerprint density at radius 1 is 1.25 bits per heavy atom. The van der Waals surface area contributed by atoms with Gasteiger partial charge in [-0.1, -0.05) is 12.8 Å². The minimum atomic E-state index is 0.548. The highest BCUT2D eigenvalue weighted by Gasteiger charge is 2.05. The van der Waals surface area contributed by atoms with Gasteiger partial charge < -0.3 is 10.3 Å². The van der Waals surface area contributed by atoms with E-state index in [1.807, 2.05) is 36.4 Å². The van der Waals surface area contributed by atoms with Gasteiger partial charge in [0.1, 0.15) is 5.82 Å². The Balaban J connectivity index is 1.89. The molecule has 2 heterocycles. The van der Waals surface area contributed by atoms with Crippen molar-refractivity contribution in [2.75, 3.05) is 17.7 Å². The smallest absolute Gasteiger partial charge is 0.123 e. The molecule has 2 N–H and O–H groups in total. The molecule has 0 aliphatic heterocycles. The molecule has 0 saturated heterocycles. The van der Waals surface area contributed by atoms with Crippen LogP contribution in [0.25, 0.3) is 11.3 Å². The second-order valence-electron chi connectivity index (χ2n) is 4.85. The molecule has 0 spiro atoms. The van der Waals surface area contributed by atoms with E-state index in [1.165, 1.54) is 31.4 Å². The number of pyridine rings is 1. The van der Waals surface area contributed by atoms with Gasteiger partial charge in [0.15, 0.2) is 0 Å². The number of hydrogen-bond acceptors (Lipinski definition) is 4. The molecule has 0 radical (unpaired) electrons. The van der Waals surface area contributed by atoms with E-state index in [1.54, 1.807) is 6.20 Å². The van der Waals surface area contributed by atoms with Crippen LogP contribution in [-0.4, -0.2) is 26.5 Å². The summed E-state index contributed by atoms with van der Waals surface area (Å²) in [6.45, 7) is 1.01. The molecule has 0 fully saturated rings. The summed E-state index contributed by atoms with van der Waals surface area (Å²) in [4.78, 5) is 8.28. The fourth-order valence-corrected chi connectivity index (χ4v) is 2.72. The molecule has 0 aliphatic rings. The molecule has 2 rings (SSSR count). The summed E-state index contributed by atoms with van der Waals surface area (Å²) in [5.74, 6) is 1.82. The van der Waals surface area contributed by atoms with Crippen LogP contribution in [0, 0.1) is 0 Å². The number of nitrogen functional groups attached to an aromatic ring is 1. The van der Waals surface area contributed by atoms with Crippen molar-refractivity contribution >= 4 is 17.6 Å². The highest BCUT2D eigenvalue weighted by molar-refractivity contribution is 7.98. The maximum Gasteiger partial charge on any atom is 0.123 e. The van der Waals surface area contributed by atoms with Crippen LogP contribution in [0.3, 0.4) is 0 Å². The van der Waals surface area contributed by atoms with Crippen molar-refractivity contribution in [3.63, 3.8) is 0 Å². The third kappa shape index (κ3) is 4.27. The highest BCUT2D eigenvalue weighted by Crippen LogP contribution is 2.20. The van der Waals surface area contributed by atoms with Crippen molar-refractivity contribution in [2.24, 2.45) is 0 Å². The van der Waals surface area contributed by atoms with Gasteiger partial charge >= 0.3 is 0 Å². The van der Waals surface area contributed by atoms with Crippen molar-refractivity contribution in [1.82, 2.24) is 14.5 Å². The zero-order valence-corrected chi connectivity index (χ0v) is 12.8. The van der Waals surface area contributed by atoms with Gasteiger partial charge in [-0.15, -0.1) is 0 Å².